The predicted octanol–water partition coefficient (Wildman–Crippen LogP) is -2.50. The summed E-state index contributed by atoms with van der Waals surface area (Å²) in [6.45, 7) is 1.10. The van der Waals surface area contributed by atoms with Crippen molar-refractivity contribution in [2.24, 2.45) is 5.73 Å². The summed E-state index contributed by atoms with van der Waals surface area (Å²) < 4.78 is 0. The molecule has 2 amide bonds. The van der Waals surface area contributed by atoms with E-state index < -0.39 is 36.0 Å². The number of likely N-dealkylation sites (tertiary alicyclic amines) is 1. The Morgan fingerprint density at radius 1 is 1.50 bits per heavy atom. The Morgan fingerprint density at radius 3 is 2.61 bits per heavy atom. The minimum absolute atomic E-state index is 0.0373. The Bertz CT molecular complexity index is 359. The molecule has 0 radical (unpaired) electrons. The van der Waals surface area contributed by atoms with Crippen LogP contribution in [0.3, 0.4) is 0 Å². The van der Waals surface area contributed by atoms with E-state index in [2.05, 4.69) is 5.32 Å². The van der Waals surface area contributed by atoms with Crippen LogP contribution in [0.1, 0.15) is 13.3 Å². The van der Waals surface area contributed by atoms with Crippen LogP contribution in [0.4, 0.5) is 0 Å². The third-order valence-electron chi connectivity index (χ3n) is 2.81. The molecule has 1 heterocycles. The molecule has 5 N–H and O–H groups in total. The number of hydrogen-bond acceptors (Lipinski definition) is 5. The van der Waals surface area contributed by atoms with E-state index in [1.54, 1.807) is 0 Å². The van der Waals surface area contributed by atoms with Crippen LogP contribution in [-0.4, -0.2) is 64.2 Å². The molecule has 3 atom stereocenters. The number of amides is 2. The monoisotopic (exact) mass is 259 g/mol. The van der Waals surface area contributed by atoms with E-state index in [9.17, 15) is 19.5 Å². The van der Waals surface area contributed by atoms with Crippen LogP contribution in [0, 0.1) is 0 Å². The number of carbonyl (C=O) groups is 3. The number of carbonyl (C=O) groups excluding carboxylic acids is 2. The molecule has 8 heteroatoms. The molecule has 1 aliphatic rings. The number of nitrogens with one attached hydrogen (secondary N) is 1. The average molecular weight is 259 g/mol. The van der Waals surface area contributed by atoms with Gasteiger partial charge in [-0.25, -0.2) is 0 Å². The number of nitrogens with zero attached hydrogens (tertiary/aromatic N) is 1. The number of rotatable bonds is 4. The standard InChI is InChI=1S/C10H17N3O5/c1-5(10(17)18)12-9(16)7-2-6(14)4-13(7)8(15)3-11/h5-7,14H,2-4,11H2,1H3,(H,12,16)(H,17,18). The molecular weight excluding hydrogens is 242 g/mol. The lowest BCUT2D eigenvalue weighted by Gasteiger charge is -2.23. The Labute approximate surface area is 104 Å². The minimum atomic E-state index is -1.17. The lowest BCUT2D eigenvalue weighted by Crippen LogP contribution is -2.51. The highest BCUT2D eigenvalue weighted by Gasteiger charge is 2.38. The maximum atomic E-state index is 11.8. The normalized spacial score (nSPS) is 24.7. The Kier molecular flexibility index (Phi) is 4.62. The van der Waals surface area contributed by atoms with Crippen LogP contribution in [0.25, 0.3) is 0 Å². The highest BCUT2D eigenvalue weighted by Crippen LogP contribution is 2.18. The van der Waals surface area contributed by atoms with Crippen molar-refractivity contribution in [3.63, 3.8) is 0 Å². The number of β-amino-alcohol motifs (C(OH)–C–C–N with tert-alkyl or cyclic N) is 1. The molecule has 0 spiro atoms. The summed E-state index contributed by atoms with van der Waals surface area (Å²) in [4.78, 5) is 35.1. The number of hydrogen-bond donors (Lipinski definition) is 4. The van der Waals surface area contributed by atoms with Gasteiger partial charge in [-0.05, 0) is 6.92 Å². The van der Waals surface area contributed by atoms with Crippen molar-refractivity contribution in [3.8, 4) is 0 Å². The second-order valence-corrected chi connectivity index (χ2v) is 4.22. The molecule has 3 unspecified atom stereocenters. The third kappa shape index (κ3) is 3.17. The van der Waals surface area contributed by atoms with Crippen molar-refractivity contribution in [1.82, 2.24) is 10.2 Å². The highest BCUT2D eigenvalue weighted by atomic mass is 16.4. The summed E-state index contributed by atoms with van der Waals surface area (Å²) in [5.74, 6) is -2.21. The number of carboxylic acids is 1. The van der Waals surface area contributed by atoms with E-state index in [1.807, 2.05) is 0 Å². The summed E-state index contributed by atoms with van der Waals surface area (Å²) in [5.41, 5.74) is 5.21. The molecule has 18 heavy (non-hydrogen) atoms. The molecule has 0 bridgehead atoms. The van der Waals surface area contributed by atoms with E-state index in [1.165, 1.54) is 11.8 Å². The van der Waals surface area contributed by atoms with E-state index in [4.69, 9.17) is 10.8 Å². The van der Waals surface area contributed by atoms with E-state index in [0.29, 0.717) is 0 Å². The van der Waals surface area contributed by atoms with Crippen LogP contribution in [0.15, 0.2) is 0 Å². The van der Waals surface area contributed by atoms with Crippen molar-refractivity contribution in [1.29, 1.82) is 0 Å². The van der Waals surface area contributed by atoms with Gasteiger partial charge < -0.3 is 26.2 Å². The maximum Gasteiger partial charge on any atom is 0.325 e. The minimum Gasteiger partial charge on any atom is -0.480 e. The third-order valence-corrected chi connectivity index (χ3v) is 2.81. The first-order valence-corrected chi connectivity index (χ1v) is 5.57. The second kappa shape index (κ2) is 5.78. The van der Waals surface area contributed by atoms with Gasteiger partial charge in [-0.3, -0.25) is 14.4 Å². The van der Waals surface area contributed by atoms with Crippen molar-refractivity contribution in [3.05, 3.63) is 0 Å². The molecule has 1 fully saturated rings. The van der Waals surface area contributed by atoms with Gasteiger partial charge in [-0.15, -0.1) is 0 Å². The van der Waals surface area contributed by atoms with Crippen LogP contribution < -0.4 is 11.1 Å². The first-order valence-electron chi connectivity index (χ1n) is 5.57. The van der Waals surface area contributed by atoms with Gasteiger partial charge in [0.25, 0.3) is 0 Å². The molecule has 102 valence electrons. The SMILES string of the molecule is CC(NC(=O)C1CC(O)CN1C(=O)CN)C(=O)O. The maximum absolute atomic E-state index is 11.8. The van der Waals surface area contributed by atoms with E-state index in [0.717, 1.165) is 0 Å². The fraction of sp³-hybridized carbons (Fsp3) is 0.700. The van der Waals surface area contributed by atoms with Gasteiger partial charge in [0, 0.05) is 13.0 Å². The predicted molar refractivity (Wildman–Crippen MR) is 60.4 cm³/mol. The van der Waals surface area contributed by atoms with E-state index in [-0.39, 0.29) is 19.5 Å². The topological polar surface area (TPSA) is 133 Å². The Morgan fingerprint density at radius 2 is 2.11 bits per heavy atom. The fourth-order valence-electron chi connectivity index (χ4n) is 1.83. The van der Waals surface area contributed by atoms with Gasteiger partial charge in [0.05, 0.1) is 12.6 Å². The first-order chi connectivity index (χ1) is 8.36. The van der Waals surface area contributed by atoms with Gasteiger partial charge in [0.1, 0.15) is 12.1 Å². The van der Waals surface area contributed by atoms with Crippen LogP contribution in [-0.2, 0) is 14.4 Å². The summed E-state index contributed by atoms with van der Waals surface area (Å²) in [6.07, 6.45) is -0.708. The summed E-state index contributed by atoms with van der Waals surface area (Å²) in [6, 6.07) is -1.91. The largest absolute Gasteiger partial charge is 0.480 e. The van der Waals surface area contributed by atoms with Gasteiger partial charge >= 0.3 is 5.97 Å². The van der Waals surface area contributed by atoms with Gasteiger partial charge in [-0.2, -0.15) is 0 Å². The van der Waals surface area contributed by atoms with Gasteiger partial charge in [0.2, 0.25) is 11.8 Å². The van der Waals surface area contributed by atoms with Crippen LogP contribution in [0.5, 0.6) is 0 Å². The molecule has 0 aliphatic carbocycles. The number of carboxylic acid groups (broad SMARTS) is 1. The van der Waals surface area contributed by atoms with Crippen molar-refractivity contribution in [2.75, 3.05) is 13.1 Å². The summed E-state index contributed by atoms with van der Waals surface area (Å²) in [5, 5.41) is 20.4. The van der Waals surface area contributed by atoms with Crippen molar-refractivity contribution < 1.29 is 24.6 Å². The first kappa shape index (κ1) is 14.4. The lowest BCUT2D eigenvalue weighted by molar-refractivity contribution is -0.143. The highest BCUT2D eigenvalue weighted by molar-refractivity contribution is 5.91. The Balaban J connectivity index is 2.70. The number of nitrogens with two attached hydrogens (primary N) is 1. The number of aliphatic hydroxyl groups excluding tert-OH is 1. The van der Waals surface area contributed by atoms with Crippen molar-refractivity contribution >= 4 is 17.8 Å². The molecule has 1 rings (SSSR count). The molecule has 1 saturated heterocycles. The number of aliphatic hydroxyl groups is 1. The van der Waals surface area contributed by atoms with Gasteiger partial charge in [-0.1, -0.05) is 0 Å². The summed E-state index contributed by atoms with van der Waals surface area (Å²) >= 11 is 0. The molecule has 1 aliphatic heterocycles. The quantitative estimate of drug-likeness (QED) is 0.441. The number of aliphatic carboxylic acids is 1. The van der Waals surface area contributed by atoms with Crippen LogP contribution >= 0.6 is 0 Å². The molecule has 0 saturated carbocycles. The molecule has 0 aromatic heterocycles. The molecule has 0 aromatic rings. The molecule has 8 nitrogen and oxygen atoms in total. The molecular formula is C10H17N3O5. The zero-order valence-electron chi connectivity index (χ0n) is 10.00. The lowest BCUT2D eigenvalue weighted by atomic mass is 10.1. The average Bonchev–Trinajstić information content (AvgIpc) is 2.70. The zero-order chi connectivity index (χ0) is 13.9. The van der Waals surface area contributed by atoms with E-state index >= 15 is 0 Å². The van der Waals surface area contributed by atoms with Gasteiger partial charge in [0.15, 0.2) is 0 Å². The van der Waals surface area contributed by atoms with Crippen LogP contribution in [0.2, 0.25) is 0 Å². The Hall–Kier alpha value is -1.67. The zero-order valence-corrected chi connectivity index (χ0v) is 10.00. The molecule has 0 aromatic carbocycles. The second-order valence-electron chi connectivity index (χ2n) is 4.22. The fourth-order valence-corrected chi connectivity index (χ4v) is 1.83. The summed E-state index contributed by atoms with van der Waals surface area (Å²) in [7, 11) is 0. The van der Waals surface area contributed by atoms with Crippen molar-refractivity contribution in [2.45, 2.75) is 31.5 Å². The smallest absolute Gasteiger partial charge is 0.325 e.